The van der Waals surface area contributed by atoms with Crippen molar-refractivity contribution in [1.82, 2.24) is 9.88 Å². The summed E-state index contributed by atoms with van der Waals surface area (Å²) in [4.78, 5) is -0.305. The van der Waals surface area contributed by atoms with E-state index in [1.165, 1.54) is 18.5 Å². The minimum absolute atomic E-state index is 0.150. The van der Waals surface area contributed by atoms with Crippen LogP contribution in [0.1, 0.15) is 11.1 Å². The third-order valence-electron chi connectivity index (χ3n) is 2.62. The Kier molecular flexibility index (Phi) is 3.96. The largest absolute Gasteiger partial charge is 0.364 e. The highest BCUT2D eigenvalue weighted by molar-refractivity contribution is 7.89. The summed E-state index contributed by atoms with van der Waals surface area (Å²) in [6.45, 7) is 1.70. The molecule has 0 aliphatic heterocycles. The molecule has 7 heteroatoms. The predicted octanol–water partition coefficient (Wildman–Crippen LogP) is 1.64. The van der Waals surface area contributed by atoms with Crippen molar-refractivity contribution in [2.75, 3.05) is 6.54 Å². The number of nitrogens with zero attached hydrogens (tertiary/aromatic N) is 1. The van der Waals surface area contributed by atoms with Gasteiger partial charge in [-0.05, 0) is 25.0 Å². The lowest BCUT2D eigenvalue weighted by atomic mass is 10.2. The molecular weight excluding hydrogens is 271 g/mol. The Morgan fingerprint density at radius 3 is 2.84 bits per heavy atom. The van der Waals surface area contributed by atoms with Crippen LogP contribution < -0.4 is 4.72 Å². The Hall–Kier alpha value is -1.73. The van der Waals surface area contributed by atoms with E-state index in [1.807, 2.05) is 0 Å². The van der Waals surface area contributed by atoms with E-state index >= 15 is 0 Å². The molecule has 5 nitrogen and oxygen atoms in total. The van der Waals surface area contributed by atoms with Crippen LogP contribution in [0, 0.1) is 12.7 Å². The quantitative estimate of drug-likeness (QED) is 0.906. The van der Waals surface area contributed by atoms with Crippen LogP contribution in [0.3, 0.4) is 0 Å². The number of sulfonamides is 1. The number of hydrogen-bond acceptors (Lipinski definition) is 4. The third-order valence-corrected chi connectivity index (χ3v) is 4.26. The molecular formula is C12H13FN2O3S. The summed E-state index contributed by atoms with van der Waals surface area (Å²) < 4.78 is 44.6. The molecule has 102 valence electrons. The highest BCUT2D eigenvalue weighted by Crippen LogP contribution is 2.18. The van der Waals surface area contributed by atoms with Gasteiger partial charge >= 0.3 is 0 Å². The second-order valence-electron chi connectivity index (χ2n) is 4.07. The van der Waals surface area contributed by atoms with E-state index in [-0.39, 0.29) is 11.4 Å². The molecule has 19 heavy (non-hydrogen) atoms. The molecule has 0 aliphatic carbocycles. The third kappa shape index (κ3) is 3.18. The summed E-state index contributed by atoms with van der Waals surface area (Å²) >= 11 is 0. The van der Waals surface area contributed by atoms with Gasteiger partial charge in [-0.3, -0.25) is 0 Å². The van der Waals surface area contributed by atoms with Gasteiger partial charge in [0, 0.05) is 12.1 Å². The summed E-state index contributed by atoms with van der Waals surface area (Å²) in [7, 11) is -3.85. The second kappa shape index (κ2) is 5.50. The molecule has 0 saturated heterocycles. The second-order valence-corrected chi connectivity index (χ2v) is 5.77. The van der Waals surface area contributed by atoms with Crippen molar-refractivity contribution in [3.63, 3.8) is 0 Å². The molecule has 0 saturated carbocycles. The zero-order chi connectivity index (χ0) is 13.9. The van der Waals surface area contributed by atoms with E-state index < -0.39 is 15.8 Å². The SMILES string of the molecule is Cc1cccc(F)c1S(=O)(=O)NCCc1cnoc1. The number of hydrogen-bond donors (Lipinski definition) is 1. The molecule has 1 N–H and O–H groups in total. The molecule has 0 bridgehead atoms. The lowest BCUT2D eigenvalue weighted by Crippen LogP contribution is -2.27. The maximum atomic E-state index is 13.6. The number of benzene rings is 1. The van der Waals surface area contributed by atoms with Gasteiger partial charge in [0.1, 0.15) is 17.0 Å². The highest BCUT2D eigenvalue weighted by Gasteiger charge is 2.20. The molecule has 1 aromatic carbocycles. The van der Waals surface area contributed by atoms with E-state index in [1.54, 1.807) is 13.0 Å². The van der Waals surface area contributed by atoms with Gasteiger partial charge in [0.2, 0.25) is 10.0 Å². The van der Waals surface area contributed by atoms with Gasteiger partial charge in [-0.15, -0.1) is 0 Å². The summed E-state index contributed by atoms with van der Waals surface area (Å²) in [5.41, 5.74) is 1.14. The highest BCUT2D eigenvalue weighted by atomic mass is 32.2. The molecule has 0 fully saturated rings. The Labute approximate surface area is 110 Å². The van der Waals surface area contributed by atoms with E-state index in [9.17, 15) is 12.8 Å². The summed E-state index contributed by atoms with van der Waals surface area (Å²) in [6, 6.07) is 4.15. The first-order chi connectivity index (χ1) is 9.00. The van der Waals surface area contributed by atoms with Crippen LogP contribution in [-0.2, 0) is 16.4 Å². The first-order valence-electron chi connectivity index (χ1n) is 5.64. The fourth-order valence-electron chi connectivity index (χ4n) is 1.71. The zero-order valence-electron chi connectivity index (χ0n) is 10.3. The van der Waals surface area contributed by atoms with Crippen LogP contribution in [0.5, 0.6) is 0 Å². The van der Waals surface area contributed by atoms with Gasteiger partial charge in [-0.25, -0.2) is 17.5 Å². The summed E-state index contributed by atoms with van der Waals surface area (Å²) in [5.74, 6) is -0.752. The van der Waals surface area contributed by atoms with Gasteiger partial charge in [-0.2, -0.15) is 0 Å². The maximum absolute atomic E-state index is 13.6. The Morgan fingerprint density at radius 1 is 1.42 bits per heavy atom. The fourth-order valence-corrected chi connectivity index (χ4v) is 3.04. The van der Waals surface area contributed by atoms with Crippen molar-refractivity contribution in [2.45, 2.75) is 18.2 Å². The van der Waals surface area contributed by atoms with E-state index in [2.05, 4.69) is 14.4 Å². The summed E-state index contributed by atoms with van der Waals surface area (Å²) in [5, 5.41) is 3.51. The number of rotatable bonds is 5. The van der Waals surface area contributed by atoms with Crippen LogP contribution in [-0.4, -0.2) is 20.1 Å². The molecule has 0 radical (unpaired) electrons. The number of aromatic nitrogens is 1. The maximum Gasteiger partial charge on any atom is 0.243 e. The van der Waals surface area contributed by atoms with Crippen LogP contribution in [0.2, 0.25) is 0 Å². The number of aryl methyl sites for hydroxylation is 1. The zero-order valence-corrected chi connectivity index (χ0v) is 11.1. The van der Waals surface area contributed by atoms with Crippen molar-refractivity contribution in [3.8, 4) is 0 Å². The van der Waals surface area contributed by atoms with Gasteiger partial charge in [-0.1, -0.05) is 17.3 Å². The average molecular weight is 284 g/mol. The molecule has 0 unspecified atom stereocenters. The molecule has 0 spiro atoms. The van der Waals surface area contributed by atoms with Gasteiger partial charge < -0.3 is 4.52 Å². The first-order valence-corrected chi connectivity index (χ1v) is 7.12. The normalized spacial score (nSPS) is 11.7. The van der Waals surface area contributed by atoms with Gasteiger partial charge in [0.05, 0.1) is 6.20 Å². The Bertz CT molecular complexity index is 633. The van der Waals surface area contributed by atoms with Crippen molar-refractivity contribution in [2.24, 2.45) is 0 Å². The first kappa shape index (κ1) is 13.7. The molecule has 0 atom stereocenters. The lowest BCUT2D eigenvalue weighted by molar-refractivity contribution is 0.419. The molecule has 0 aliphatic rings. The molecule has 2 rings (SSSR count). The van der Waals surface area contributed by atoms with Crippen molar-refractivity contribution < 1.29 is 17.3 Å². The fraction of sp³-hybridized carbons (Fsp3) is 0.250. The van der Waals surface area contributed by atoms with Crippen LogP contribution in [0.15, 0.2) is 40.1 Å². The standard InChI is InChI=1S/C12H13FN2O3S/c1-9-3-2-4-11(13)12(9)19(16,17)15-6-5-10-7-14-18-8-10/h2-4,7-8,15H,5-6H2,1H3. The van der Waals surface area contributed by atoms with Crippen LogP contribution in [0.25, 0.3) is 0 Å². The van der Waals surface area contributed by atoms with Crippen molar-refractivity contribution in [1.29, 1.82) is 0 Å². The monoisotopic (exact) mass is 284 g/mol. The van der Waals surface area contributed by atoms with Gasteiger partial charge in [0.25, 0.3) is 0 Å². The minimum atomic E-state index is -3.85. The smallest absolute Gasteiger partial charge is 0.243 e. The molecule has 2 aromatic rings. The van der Waals surface area contributed by atoms with Gasteiger partial charge in [0.15, 0.2) is 0 Å². The van der Waals surface area contributed by atoms with Crippen molar-refractivity contribution in [3.05, 3.63) is 47.6 Å². The number of nitrogens with one attached hydrogen (secondary N) is 1. The molecule has 1 heterocycles. The van der Waals surface area contributed by atoms with Crippen LogP contribution >= 0.6 is 0 Å². The van der Waals surface area contributed by atoms with E-state index in [4.69, 9.17) is 0 Å². The minimum Gasteiger partial charge on any atom is -0.364 e. The summed E-state index contributed by atoms with van der Waals surface area (Å²) in [6.07, 6.45) is 3.36. The lowest BCUT2D eigenvalue weighted by Gasteiger charge is -2.09. The van der Waals surface area contributed by atoms with E-state index in [0.29, 0.717) is 12.0 Å². The number of halogens is 1. The topological polar surface area (TPSA) is 72.2 Å². The average Bonchev–Trinajstić information content (AvgIpc) is 2.81. The molecule has 0 amide bonds. The van der Waals surface area contributed by atoms with Crippen LogP contribution in [0.4, 0.5) is 4.39 Å². The Balaban J connectivity index is 2.10. The molecule has 1 aromatic heterocycles. The Morgan fingerprint density at radius 2 is 2.21 bits per heavy atom. The van der Waals surface area contributed by atoms with E-state index in [0.717, 1.165) is 11.6 Å². The van der Waals surface area contributed by atoms with Crippen molar-refractivity contribution >= 4 is 10.0 Å². The predicted molar refractivity (Wildman–Crippen MR) is 66.5 cm³/mol.